The van der Waals surface area contributed by atoms with Gasteiger partial charge in [0.2, 0.25) is 5.88 Å². The highest BCUT2D eigenvalue weighted by Crippen LogP contribution is 2.18. The highest BCUT2D eigenvalue weighted by Gasteiger charge is 2.29. The van der Waals surface area contributed by atoms with Gasteiger partial charge in [0.25, 0.3) is 5.91 Å². The van der Waals surface area contributed by atoms with E-state index in [1.165, 1.54) is 23.2 Å². The average molecular weight is 389 g/mol. The molecular formula is C17H22F3N3O4. The molecule has 1 aliphatic heterocycles. The van der Waals surface area contributed by atoms with Gasteiger partial charge in [-0.1, -0.05) is 0 Å². The lowest BCUT2D eigenvalue weighted by molar-refractivity contribution is -0.154. The van der Waals surface area contributed by atoms with Crippen LogP contribution in [0.15, 0.2) is 18.3 Å². The van der Waals surface area contributed by atoms with E-state index in [-0.39, 0.29) is 17.4 Å². The topological polar surface area (TPSA) is 72.0 Å². The molecule has 2 heterocycles. The predicted molar refractivity (Wildman–Crippen MR) is 89.5 cm³/mol. The van der Waals surface area contributed by atoms with Gasteiger partial charge in [0.15, 0.2) is 6.61 Å². The summed E-state index contributed by atoms with van der Waals surface area (Å²) in [5.74, 6) is -0.521. The van der Waals surface area contributed by atoms with Gasteiger partial charge in [0, 0.05) is 38.4 Å². The summed E-state index contributed by atoms with van der Waals surface area (Å²) < 4.78 is 46.2. The third-order valence-electron chi connectivity index (χ3n) is 3.59. The van der Waals surface area contributed by atoms with Gasteiger partial charge in [0.05, 0.1) is 5.56 Å². The Morgan fingerprint density at radius 3 is 2.15 bits per heavy atom. The molecule has 1 aromatic rings. The molecule has 150 valence electrons. The summed E-state index contributed by atoms with van der Waals surface area (Å²) in [6.07, 6.45) is -3.71. The monoisotopic (exact) mass is 389 g/mol. The third kappa shape index (κ3) is 6.61. The molecule has 7 nitrogen and oxygen atoms in total. The van der Waals surface area contributed by atoms with Crippen molar-refractivity contribution in [2.75, 3.05) is 32.8 Å². The minimum Gasteiger partial charge on any atom is -0.468 e. The molecule has 1 saturated heterocycles. The number of hydrogen-bond acceptors (Lipinski definition) is 5. The van der Waals surface area contributed by atoms with E-state index in [0.717, 1.165) is 0 Å². The predicted octanol–water partition coefficient (Wildman–Crippen LogP) is 2.72. The Balaban J connectivity index is 1.87. The zero-order valence-corrected chi connectivity index (χ0v) is 15.4. The second kappa shape index (κ2) is 8.01. The number of hydrogen-bond donors (Lipinski definition) is 0. The van der Waals surface area contributed by atoms with E-state index in [4.69, 9.17) is 4.74 Å². The van der Waals surface area contributed by atoms with E-state index in [9.17, 15) is 22.8 Å². The maximum absolute atomic E-state index is 12.5. The number of halogens is 3. The van der Waals surface area contributed by atoms with Crippen molar-refractivity contribution in [2.24, 2.45) is 0 Å². The number of pyridine rings is 1. The van der Waals surface area contributed by atoms with Crippen molar-refractivity contribution in [1.82, 2.24) is 14.8 Å². The van der Waals surface area contributed by atoms with Crippen molar-refractivity contribution < 1.29 is 32.2 Å². The largest absolute Gasteiger partial charge is 0.468 e. The first-order valence-electron chi connectivity index (χ1n) is 8.37. The van der Waals surface area contributed by atoms with Crippen LogP contribution in [-0.2, 0) is 4.74 Å². The Hall–Kier alpha value is -2.52. The Labute approximate surface area is 155 Å². The second-order valence-corrected chi connectivity index (χ2v) is 7.05. The van der Waals surface area contributed by atoms with Gasteiger partial charge in [-0.25, -0.2) is 9.78 Å². The van der Waals surface area contributed by atoms with Crippen molar-refractivity contribution in [3.8, 4) is 5.88 Å². The van der Waals surface area contributed by atoms with Gasteiger partial charge in [-0.2, -0.15) is 13.2 Å². The third-order valence-corrected chi connectivity index (χ3v) is 3.59. The summed E-state index contributed by atoms with van der Waals surface area (Å²) in [5, 5.41) is 0. The van der Waals surface area contributed by atoms with Crippen molar-refractivity contribution in [3.63, 3.8) is 0 Å². The lowest BCUT2D eigenvalue weighted by atomic mass is 10.2. The quantitative estimate of drug-likeness (QED) is 0.795. The SMILES string of the molecule is CC(C)(C)OC(=O)N1CCN(C(=O)c2ccc(OCC(F)(F)F)nc2)CC1. The normalized spacial score (nSPS) is 15.5. The average Bonchev–Trinajstić information content (AvgIpc) is 2.58. The zero-order valence-electron chi connectivity index (χ0n) is 15.4. The minimum atomic E-state index is -4.45. The standard InChI is InChI=1S/C17H22F3N3O4/c1-16(2,3)27-15(25)23-8-6-22(7-9-23)14(24)12-4-5-13(21-10-12)26-11-17(18,19)20/h4-5,10H,6-9,11H2,1-3H3. The lowest BCUT2D eigenvalue weighted by Crippen LogP contribution is -2.51. The molecule has 0 atom stereocenters. The molecule has 0 aromatic carbocycles. The fourth-order valence-electron chi connectivity index (χ4n) is 2.35. The summed E-state index contributed by atoms with van der Waals surface area (Å²) in [7, 11) is 0. The van der Waals surface area contributed by atoms with E-state index in [1.807, 2.05) is 0 Å². The fraction of sp³-hybridized carbons (Fsp3) is 0.588. The number of alkyl halides is 3. The molecule has 0 aliphatic carbocycles. The Morgan fingerprint density at radius 1 is 1.07 bits per heavy atom. The van der Waals surface area contributed by atoms with Gasteiger partial charge in [-0.15, -0.1) is 0 Å². The van der Waals surface area contributed by atoms with E-state index < -0.39 is 24.5 Å². The van der Waals surface area contributed by atoms with E-state index in [2.05, 4.69) is 9.72 Å². The van der Waals surface area contributed by atoms with Gasteiger partial charge >= 0.3 is 12.3 Å². The van der Waals surface area contributed by atoms with E-state index in [1.54, 1.807) is 25.7 Å². The van der Waals surface area contributed by atoms with Crippen LogP contribution in [0.2, 0.25) is 0 Å². The van der Waals surface area contributed by atoms with Crippen LogP contribution in [0.25, 0.3) is 0 Å². The van der Waals surface area contributed by atoms with Gasteiger partial charge < -0.3 is 19.3 Å². The maximum atomic E-state index is 12.5. The van der Waals surface area contributed by atoms with Gasteiger partial charge in [-0.3, -0.25) is 4.79 Å². The van der Waals surface area contributed by atoms with E-state index in [0.29, 0.717) is 26.2 Å². The summed E-state index contributed by atoms with van der Waals surface area (Å²) in [6.45, 7) is 5.20. The Morgan fingerprint density at radius 2 is 1.67 bits per heavy atom. The molecule has 0 unspecified atom stereocenters. The first-order chi connectivity index (χ1) is 12.4. The second-order valence-electron chi connectivity index (χ2n) is 7.05. The van der Waals surface area contributed by atoms with E-state index >= 15 is 0 Å². The van der Waals surface area contributed by atoms with Crippen LogP contribution >= 0.6 is 0 Å². The van der Waals surface area contributed by atoms with Crippen molar-refractivity contribution in [2.45, 2.75) is 32.5 Å². The van der Waals surface area contributed by atoms with Crippen LogP contribution in [0, 0.1) is 0 Å². The highest BCUT2D eigenvalue weighted by molar-refractivity contribution is 5.94. The molecule has 1 aromatic heterocycles. The Kier molecular flexibility index (Phi) is 6.17. The number of aromatic nitrogens is 1. The number of carbonyl (C=O) groups excluding carboxylic acids is 2. The molecule has 1 aliphatic rings. The van der Waals surface area contributed by atoms with Crippen LogP contribution in [0.4, 0.5) is 18.0 Å². The van der Waals surface area contributed by atoms with Crippen LogP contribution in [0.1, 0.15) is 31.1 Å². The van der Waals surface area contributed by atoms with Crippen molar-refractivity contribution in [3.05, 3.63) is 23.9 Å². The highest BCUT2D eigenvalue weighted by atomic mass is 19.4. The fourth-order valence-corrected chi connectivity index (χ4v) is 2.35. The maximum Gasteiger partial charge on any atom is 0.422 e. The number of piperazine rings is 1. The molecule has 0 bridgehead atoms. The van der Waals surface area contributed by atoms with Crippen LogP contribution in [0.5, 0.6) is 5.88 Å². The molecule has 0 N–H and O–H groups in total. The zero-order chi connectivity index (χ0) is 20.2. The van der Waals surface area contributed by atoms with Crippen LogP contribution in [0.3, 0.4) is 0 Å². The summed E-state index contributed by atoms with van der Waals surface area (Å²) >= 11 is 0. The summed E-state index contributed by atoms with van der Waals surface area (Å²) in [6, 6.07) is 2.58. The Bertz CT molecular complexity index is 663. The van der Waals surface area contributed by atoms with Gasteiger partial charge in [-0.05, 0) is 26.8 Å². The number of rotatable bonds is 3. The molecule has 2 amide bonds. The first kappa shape index (κ1) is 20.8. The number of carbonyl (C=O) groups is 2. The van der Waals surface area contributed by atoms with Gasteiger partial charge in [0.1, 0.15) is 5.60 Å². The summed E-state index contributed by atoms with van der Waals surface area (Å²) in [4.78, 5) is 31.3. The molecule has 0 saturated carbocycles. The molecule has 0 radical (unpaired) electrons. The first-order valence-corrected chi connectivity index (χ1v) is 8.37. The molecule has 27 heavy (non-hydrogen) atoms. The number of amides is 2. The van der Waals surface area contributed by atoms with Crippen molar-refractivity contribution in [1.29, 1.82) is 0 Å². The van der Waals surface area contributed by atoms with Crippen LogP contribution in [-0.4, -0.2) is 71.3 Å². The molecular weight excluding hydrogens is 367 g/mol. The lowest BCUT2D eigenvalue weighted by Gasteiger charge is -2.35. The molecule has 1 fully saturated rings. The molecule has 10 heteroatoms. The molecule has 0 spiro atoms. The van der Waals surface area contributed by atoms with Crippen LogP contribution < -0.4 is 4.74 Å². The number of nitrogens with zero attached hydrogens (tertiary/aromatic N) is 3. The summed E-state index contributed by atoms with van der Waals surface area (Å²) in [5.41, 5.74) is -0.355. The minimum absolute atomic E-state index is 0.210. The number of ether oxygens (including phenoxy) is 2. The smallest absolute Gasteiger partial charge is 0.422 e. The molecule has 2 rings (SSSR count). The van der Waals surface area contributed by atoms with Crippen molar-refractivity contribution >= 4 is 12.0 Å².